The van der Waals surface area contributed by atoms with E-state index < -0.39 is 0 Å². The number of aliphatic hydroxyl groups is 1. The van der Waals surface area contributed by atoms with Gasteiger partial charge in [-0.2, -0.15) is 4.98 Å². The second-order valence-electron chi connectivity index (χ2n) is 6.13. The molecule has 23 heavy (non-hydrogen) atoms. The third-order valence-electron chi connectivity index (χ3n) is 4.28. The molecule has 0 aliphatic carbocycles. The van der Waals surface area contributed by atoms with E-state index in [1.54, 1.807) is 0 Å². The van der Waals surface area contributed by atoms with Crippen LogP contribution in [0.1, 0.15) is 31.6 Å². The fourth-order valence-corrected chi connectivity index (χ4v) is 3.36. The van der Waals surface area contributed by atoms with Crippen LogP contribution in [0.2, 0.25) is 5.02 Å². The minimum Gasteiger partial charge on any atom is -0.396 e. The Morgan fingerprint density at radius 2 is 2.30 bits per heavy atom. The maximum atomic E-state index is 8.97. The van der Waals surface area contributed by atoms with Crippen molar-refractivity contribution < 1.29 is 9.63 Å². The van der Waals surface area contributed by atoms with E-state index in [2.05, 4.69) is 15.0 Å². The van der Waals surface area contributed by atoms with Crippen LogP contribution in [0, 0.1) is 5.92 Å². The molecule has 0 spiro atoms. The molecule has 5 nitrogen and oxygen atoms in total. The van der Waals surface area contributed by atoms with Crippen LogP contribution in [0.3, 0.4) is 0 Å². The van der Waals surface area contributed by atoms with Crippen molar-refractivity contribution >= 4 is 11.6 Å². The molecule has 1 aliphatic rings. The topological polar surface area (TPSA) is 62.4 Å². The first kappa shape index (κ1) is 16.4. The number of benzene rings is 1. The summed E-state index contributed by atoms with van der Waals surface area (Å²) < 4.78 is 5.39. The van der Waals surface area contributed by atoms with Gasteiger partial charge in [-0.3, -0.25) is 4.90 Å². The highest BCUT2D eigenvalue weighted by Crippen LogP contribution is 2.23. The third-order valence-corrected chi connectivity index (χ3v) is 4.52. The van der Waals surface area contributed by atoms with Crippen molar-refractivity contribution in [1.29, 1.82) is 0 Å². The van der Waals surface area contributed by atoms with Crippen LogP contribution in [-0.4, -0.2) is 39.8 Å². The minimum atomic E-state index is 0.281. The fourth-order valence-electron chi connectivity index (χ4n) is 3.17. The summed E-state index contributed by atoms with van der Waals surface area (Å²) in [5.41, 5.74) is 0.868. The number of halogens is 1. The lowest BCUT2D eigenvalue weighted by Crippen LogP contribution is -2.35. The molecule has 1 fully saturated rings. The summed E-state index contributed by atoms with van der Waals surface area (Å²) >= 11 is 6.00. The van der Waals surface area contributed by atoms with E-state index in [9.17, 15) is 0 Å². The molecule has 0 amide bonds. The van der Waals surface area contributed by atoms with Crippen molar-refractivity contribution in [1.82, 2.24) is 15.0 Å². The first-order valence-corrected chi connectivity index (χ1v) is 8.54. The van der Waals surface area contributed by atoms with Gasteiger partial charge in [0.2, 0.25) is 11.7 Å². The van der Waals surface area contributed by atoms with Gasteiger partial charge in [0, 0.05) is 23.7 Å². The second-order valence-corrected chi connectivity index (χ2v) is 6.57. The normalized spacial score (nSPS) is 19.1. The van der Waals surface area contributed by atoms with E-state index in [0.717, 1.165) is 31.5 Å². The highest BCUT2D eigenvalue weighted by atomic mass is 35.5. The number of hydrogen-bond donors (Lipinski definition) is 1. The molecule has 1 aromatic heterocycles. The molecule has 1 aliphatic heterocycles. The quantitative estimate of drug-likeness (QED) is 0.876. The summed E-state index contributed by atoms with van der Waals surface area (Å²) in [6.45, 7) is 3.06. The Labute approximate surface area is 141 Å². The van der Waals surface area contributed by atoms with Crippen molar-refractivity contribution in [3.8, 4) is 11.4 Å². The SMILES string of the molecule is OCCC[C@@H]1CCCN(Cc2nc(-c3cccc(Cl)c3)no2)C1. The lowest BCUT2D eigenvalue weighted by atomic mass is 9.93. The van der Waals surface area contributed by atoms with Crippen molar-refractivity contribution in [3.63, 3.8) is 0 Å². The molecule has 0 saturated carbocycles. The largest absolute Gasteiger partial charge is 0.396 e. The monoisotopic (exact) mass is 335 g/mol. The molecular weight excluding hydrogens is 314 g/mol. The Morgan fingerprint density at radius 3 is 3.13 bits per heavy atom. The van der Waals surface area contributed by atoms with Gasteiger partial charge in [-0.15, -0.1) is 0 Å². The fraction of sp³-hybridized carbons (Fsp3) is 0.529. The number of likely N-dealkylation sites (tertiary alicyclic amines) is 1. The van der Waals surface area contributed by atoms with Crippen LogP contribution >= 0.6 is 11.6 Å². The van der Waals surface area contributed by atoms with E-state index in [1.165, 1.54) is 12.8 Å². The predicted octanol–water partition coefficient (Wildman–Crippen LogP) is 3.37. The zero-order chi connectivity index (χ0) is 16.1. The van der Waals surface area contributed by atoms with Crippen molar-refractivity contribution in [2.75, 3.05) is 19.7 Å². The van der Waals surface area contributed by atoms with Crippen LogP contribution in [0.25, 0.3) is 11.4 Å². The molecule has 3 rings (SSSR count). The standard InChI is InChI=1S/C17H22ClN3O2/c18-15-7-1-6-14(10-15)17-19-16(23-20-17)12-21-8-2-4-13(11-21)5-3-9-22/h1,6-7,10,13,22H,2-5,8-9,11-12H2/t13-/m0/s1. The lowest BCUT2D eigenvalue weighted by Gasteiger charge is -2.31. The smallest absolute Gasteiger partial charge is 0.241 e. The Balaban J connectivity index is 1.60. The summed E-state index contributed by atoms with van der Waals surface area (Å²) in [4.78, 5) is 6.85. The van der Waals surface area contributed by atoms with Crippen molar-refractivity contribution in [3.05, 3.63) is 35.2 Å². The molecule has 2 aromatic rings. The van der Waals surface area contributed by atoms with Crippen LogP contribution in [0.5, 0.6) is 0 Å². The zero-order valence-corrected chi connectivity index (χ0v) is 13.9. The van der Waals surface area contributed by atoms with Gasteiger partial charge >= 0.3 is 0 Å². The number of aromatic nitrogens is 2. The van der Waals surface area contributed by atoms with Crippen molar-refractivity contribution in [2.24, 2.45) is 5.92 Å². The molecule has 1 N–H and O–H groups in total. The molecule has 0 radical (unpaired) electrons. The summed E-state index contributed by atoms with van der Waals surface area (Å²) in [5, 5.41) is 13.7. The summed E-state index contributed by atoms with van der Waals surface area (Å²) in [7, 11) is 0. The Kier molecular flexibility index (Phi) is 5.65. The minimum absolute atomic E-state index is 0.281. The number of aliphatic hydroxyl groups excluding tert-OH is 1. The van der Waals surface area contributed by atoms with E-state index in [1.807, 2.05) is 24.3 Å². The lowest BCUT2D eigenvalue weighted by molar-refractivity contribution is 0.139. The molecule has 1 aromatic carbocycles. The molecule has 1 saturated heterocycles. The molecular formula is C17H22ClN3O2. The number of hydrogen-bond acceptors (Lipinski definition) is 5. The first-order valence-electron chi connectivity index (χ1n) is 8.16. The summed E-state index contributed by atoms with van der Waals surface area (Å²) in [5.74, 6) is 1.88. The van der Waals surface area contributed by atoms with Gasteiger partial charge in [0.15, 0.2) is 0 Å². The van der Waals surface area contributed by atoms with Gasteiger partial charge in [0.05, 0.1) is 6.54 Å². The van der Waals surface area contributed by atoms with Gasteiger partial charge in [-0.1, -0.05) is 28.9 Å². The number of piperidine rings is 1. The molecule has 124 valence electrons. The van der Waals surface area contributed by atoms with E-state index in [4.69, 9.17) is 21.2 Å². The summed E-state index contributed by atoms with van der Waals surface area (Å²) in [6.07, 6.45) is 4.40. The average Bonchev–Trinajstić information content (AvgIpc) is 3.02. The Morgan fingerprint density at radius 1 is 1.39 bits per heavy atom. The number of nitrogens with zero attached hydrogens (tertiary/aromatic N) is 3. The highest BCUT2D eigenvalue weighted by Gasteiger charge is 2.21. The van der Waals surface area contributed by atoms with Gasteiger partial charge in [-0.25, -0.2) is 0 Å². The molecule has 1 atom stereocenters. The maximum absolute atomic E-state index is 8.97. The third kappa shape index (κ3) is 4.53. The predicted molar refractivity (Wildman–Crippen MR) is 89.1 cm³/mol. The van der Waals surface area contributed by atoms with Gasteiger partial charge in [0.25, 0.3) is 0 Å². The molecule has 0 bridgehead atoms. The summed E-state index contributed by atoms with van der Waals surface area (Å²) in [6, 6.07) is 7.46. The highest BCUT2D eigenvalue weighted by molar-refractivity contribution is 6.30. The molecule has 2 heterocycles. The van der Waals surface area contributed by atoms with Gasteiger partial charge in [0.1, 0.15) is 0 Å². The van der Waals surface area contributed by atoms with E-state index in [0.29, 0.717) is 29.2 Å². The van der Waals surface area contributed by atoms with Gasteiger partial charge < -0.3 is 9.63 Å². The van der Waals surface area contributed by atoms with E-state index >= 15 is 0 Å². The molecule has 0 unspecified atom stereocenters. The van der Waals surface area contributed by atoms with Crippen LogP contribution in [0.4, 0.5) is 0 Å². The Bertz CT molecular complexity index is 632. The second kappa shape index (κ2) is 7.90. The van der Waals surface area contributed by atoms with Crippen molar-refractivity contribution in [2.45, 2.75) is 32.2 Å². The first-order chi connectivity index (χ1) is 11.2. The molecule has 6 heteroatoms. The zero-order valence-electron chi connectivity index (χ0n) is 13.1. The number of rotatable bonds is 6. The van der Waals surface area contributed by atoms with Crippen LogP contribution in [-0.2, 0) is 6.54 Å². The van der Waals surface area contributed by atoms with Crippen LogP contribution in [0.15, 0.2) is 28.8 Å². The van der Waals surface area contributed by atoms with E-state index in [-0.39, 0.29) is 6.61 Å². The van der Waals surface area contributed by atoms with Crippen LogP contribution < -0.4 is 0 Å². The van der Waals surface area contributed by atoms with Gasteiger partial charge in [-0.05, 0) is 50.3 Å². The average molecular weight is 336 g/mol. The maximum Gasteiger partial charge on any atom is 0.241 e. The Hall–Kier alpha value is -1.43.